The number of H-pyrrole nitrogens is 1. The van der Waals surface area contributed by atoms with Crippen molar-refractivity contribution < 1.29 is 0 Å². The van der Waals surface area contributed by atoms with Gasteiger partial charge in [-0.1, -0.05) is 26.8 Å². The van der Waals surface area contributed by atoms with Crippen molar-refractivity contribution in [3.63, 3.8) is 0 Å². The zero-order valence-corrected chi connectivity index (χ0v) is 10.3. The Morgan fingerprint density at radius 2 is 2.06 bits per heavy atom. The Bertz CT molecular complexity index is 495. The number of fused-ring (bicyclic) bond motifs is 1. The van der Waals surface area contributed by atoms with E-state index in [2.05, 4.69) is 44.0 Å². The Hall–Kier alpha value is -1.28. The van der Waals surface area contributed by atoms with E-state index in [9.17, 15) is 0 Å². The van der Waals surface area contributed by atoms with Crippen molar-refractivity contribution in [1.29, 1.82) is 0 Å². The van der Waals surface area contributed by atoms with Gasteiger partial charge in [0, 0.05) is 23.1 Å². The van der Waals surface area contributed by atoms with Crippen LogP contribution in [0.4, 0.5) is 0 Å². The Morgan fingerprint density at radius 3 is 2.62 bits per heavy atom. The lowest BCUT2D eigenvalue weighted by Crippen LogP contribution is -2.01. The molecular weight excluding hydrogens is 196 g/mol. The number of aromatic nitrogens is 1. The average molecular weight is 216 g/mol. The van der Waals surface area contributed by atoms with Crippen LogP contribution in [0.15, 0.2) is 18.2 Å². The Morgan fingerprint density at radius 1 is 1.31 bits per heavy atom. The highest BCUT2D eigenvalue weighted by atomic mass is 14.8. The molecule has 0 amide bonds. The third-order valence-corrected chi connectivity index (χ3v) is 3.17. The van der Waals surface area contributed by atoms with Gasteiger partial charge in [0.1, 0.15) is 0 Å². The fourth-order valence-electron chi connectivity index (χ4n) is 2.36. The quantitative estimate of drug-likeness (QED) is 0.812. The maximum absolute atomic E-state index is 5.79. The van der Waals surface area contributed by atoms with E-state index in [4.69, 9.17) is 5.73 Å². The molecule has 3 N–H and O–H groups in total. The summed E-state index contributed by atoms with van der Waals surface area (Å²) in [6.07, 6.45) is 1.08. The van der Waals surface area contributed by atoms with Crippen molar-refractivity contribution in [1.82, 2.24) is 4.98 Å². The van der Waals surface area contributed by atoms with Crippen LogP contribution in [0.3, 0.4) is 0 Å². The summed E-state index contributed by atoms with van der Waals surface area (Å²) in [7, 11) is 0. The van der Waals surface area contributed by atoms with E-state index >= 15 is 0 Å². The fourth-order valence-corrected chi connectivity index (χ4v) is 2.36. The lowest BCUT2D eigenvalue weighted by molar-refractivity contribution is 0.841. The van der Waals surface area contributed by atoms with Crippen LogP contribution in [0.25, 0.3) is 10.9 Å². The maximum atomic E-state index is 5.79. The predicted octanol–water partition coefficient (Wildman–Crippen LogP) is 3.31. The predicted molar refractivity (Wildman–Crippen MR) is 69.7 cm³/mol. The van der Waals surface area contributed by atoms with Gasteiger partial charge in [-0.3, -0.25) is 0 Å². The normalized spacial score (nSPS) is 11.6. The summed E-state index contributed by atoms with van der Waals surface area (Å²) in [5, 5.41) is 1.34. The van der Waals surface area contributed by atoms with Gasteiger partial charge >= 0.3 is 0 Å². The highest BCUT2D eigenvalue weighted by Crippen LogP contribution is 2.29. The van der Waals surface area contributed by atoms with E-state index in [1.165, 1.54) is 27.7 Å². The first-order valence-corrected chi connectivity index (χ1v) is 6.00. The van der Waals surface area contributed by atoms with Gasteiger partial charge in [0.25, 0.3) is 0 Å². The molecule has 0 bridgehead atoms. The van der Waals surface area contributed by atoms with Gasteiger partial charge in [-0.2, -0.15) is 0 Å². The minimum atomic E-state index is 0.513. The molecule has 1 aromatic carbocycles. The van der Waals surface area contributed by atoms with Crippen LogP contribution in [-0.2, 0) is 13.0 Å². The Balaban J connectivity index is 2.70. The highest BCUT2D eigenvalue weighted by molar-refractivity contribution is 5.86. The molecule has 0 spiro atoms. The van der Waals surface area contributed by atoms with E-state index < -0.39 is 0 Å². The lowest BCUT2D eigenvalue weighted by Gasteiger charge is -2.07. The van der Waals surface area contributed by atoms with E-state index in [1.807, 2.05) is 0 Å². The zero-order chi connectivity index (χ0) is 11.7. The minimum absolute atomic E-state index is 0.513. The van der Waals surface area contributed by atoms with Crippen LogP contribution in [0.2, 0.25) is 0 Å². The first-order valence-electron chi connectivity index (χ1n) is 6.00. The smallest absolute Gasteiger partial charge is 0.0459 e. The molecule has 0 aliphatic carbocycles. The van der Waals surface area contributed by atoms with E-state index in [0.717, 1.165) is 6.42 Å². The average Bonchev–Trinajstić information content (AvgIpc) is 2.65. The summed E-state index contributed by atoms with van der Waals surface area (Å²) in [4.78, 5) is 3.42. The minimum Gasteiger partial charge on any atom is -0.357 e. The summed E-state index contributed by atoms with van der Waals surface area (Å²) in [5.41, 5.74) is 10.9. The molecule has 0 aliphatic heterocycles. The van der Waals surface area contributed by atoms with Crippen molar-refractivity contribution in [2.45, 2.75) is 39.7 Å². The van der Waals surface area contributed by atoms with Crippen LogP contribution in [0, 0.1) is 0 Å². The molecule has 0 saturated heterocycles. The Labute approximate surface area is 96.9 Å². The van der Waals surface area contributed by atoms with Crippen molar-refractivity contribution in [3.05, 3.63) is 35.0 Å². The summed E-state index contributed by atoms with van der Waals surface area (Å²) >= 11 is 0. The van der Waals surface area contributed by atoms with Crippen LogP contribution in [-0.4, -0.2) is 4.98 Å². The Kier molecular flexibility index (Phi) is 3.01. The van der Waals surface area contributed by atoms with Crippen molar-refractivity contribution in [2.75, 3.05) is 0 Å². The highest BCUT2D eigenvalue weighted by Gasteiger charge is 2.13. The van der Waals surface area contributed by atoms with Gasteiger partial charge in [0.15, 0.2) is 0 Å². The molecular formula is C14H20N2. The number of nitrogens with one attached hydrogen (secondary N) is 1. The SMILES string of the molecule is CCc1ccc2[nH]c(CN)c(C(C)C)c2c1. The van der Waals surface area contributed by atoms with Crippen LogP contribution in [0.1, 0.15) is 43.5 Å². The van der Waals surface area contributed by atoms with Gasteiger partial charge in [0.05, 0.1) is 0 Å². The molecule has 2 nitrogen and oxygen atoms in total. The summed E-state index contributed by atoms with van der Waals surface area (Å²) in [6.45, 7) is 7.22. The van der Waals surface area contributed by atoms with Gasteiger partial charge in [0.2, 0.25) is 0 Å². The molecule has 0 fully saturated rings. The molecule has 1 aromatic heterocycles. The standard InChI is InChI=1S/C14H20N2/c1-4-10-5-6-12-11(7-10)14(9(2)3)13(8-15)16-12/h5-7,9,16H,4,8,15H2,1-3H3. The van der Waals surface area contributed by atoms with Crippen molar-refractivity contribution in [3.8, 4) is 0 Å². The molecule has 2 rings (SSSR count). The molecule has 2 heteroatoms. The zero-order valence-electron chi connectivity index (χ0n) is 10.3. The molecule has 0 atom stereocenters. The topological polar surface area (TPSA) is 41.8 Å². The number of rotatable bonds is 3. The fraction of sp³-hybridized carbons (Fsp3) is 0.429. The van der Waals surface area contributed by atoms with Gasteiger partial charge in [-0.15, -0.1) is 0 Å². The molecule has 0 unspecified atom stereocenters. The lowest BCUT2D eigenvalue weighted by atomic mass is 9.98. The number of benzene rings is 1. The van der Waals surface area contributed by atoms with Crippen LogP contribution in [0.5, 0.6) is 0 Å². The second kappa shape index (κ2) is 4.30. The number of aromatic amines is 1. The van der Waals surface area contributed by atoms with Crippen molar-refractivity contribution >= 4 is 10.9 Å². The van der Waals surface area contributed by atoms with E-state index in [-0.39, 0.29) is 0 Å². The first kappa shape index (κ1) is 11.2. The number of nitrogens with two attached hydrogens (primary N) is 1. The summed E-state index contributed by atoms with van der Waals surface area (Å²) < 4.78 is 0. The molecule has 1 heterocycles. The van der Waals surface area contributed by atoms with Gasteiger partial charge in [-0.25, -0.2) is 0 Å². The monoisotopic (exact) mass is 216 g/mol. The maximum Gasteiger partial charge on any atom is 0.0459 e. The number of hydrogen-bond acceptors (Lipinski definition) is 1. The number of hydrogen-bond donors (Lipinski definition) is 2. The van der Waals surface area contributed by atoms with Gasteiger partial charge in [-0.05, 0) is 35.6 Å². The summed E-state index contributed by atoms with van der Waals surface area (Å²) in [6, 6.07) is 6.64. The van der Waals surface area contributed by atoms with E-state index in [0.29, 0.717) is 12.5 Å². The molecule has 0 saturated carbocycles. The second-order valence-electron chi connectivity index (χ2n) is 4.61. The van der Waals surface area contributed by atoms with Crippen LogP contribution < -0.4 is 5.73 Å². The summed E-state index contributed by atoms with van der Waals surface area (Å²) in [5.74, 6) is 0.513. The third kappa shape index (κ3) is 1.74. The molecule has 16 heavy (non-hydrogen) atoms. The third-order valence-electron chi connectivity index (χ3n) is 3.17. The van der Waals surface area contributed by atoms with Gasteiger partial charge < -0.3 is 10.7 Å². The number of aryl methyl sites for hydroxylation is 1. The first-order chi connectivity index (χ1) is 7.67. The second-order valence-corrected chi connectivity index (χ2v) is 4.61. The van der Waals surface area contributed by atoms with E-state index in [1.54, 1.807) is 0 Å². The molecule has 2 aromatic rings. The largest absolute Gasteiger partial charge is 0.357 e. The molecule has 0 radical (unpaired) electrons. The molecule has 0 aliphatic rings. The van der Waals surface area contributed by atoms with Crippen LogP contribution >= 0.6 is 0 Å². The molecule has 86 valence electrons. The van der Waals surface area contributed by atoms with Crippen molar-refractivity contribution in [2.24, 2.45) is 5.73 Å².